The number of hydrogen-bond acceptors (Lipinski definition) is 3. The Morgan fingerprint density at radius 3 is 3.06 bits per heavy atom. The fraction of sp³-hybridized carbons (Fsp3) is 0.643. The third-order valence-corrected chi connectivity index (χ3v) is 4.12. The lowest BCUT2D eigenvalue weighted by Crippen LogP contribution is -2.44. The molecule has 1 aromatic heterocycles. The van der Waals surface area contributed by atoms with Crippen molar-refractivity contribution in [1.29, 1.82) is 0 Å². The SMILES string of the molecule is Cc1cccnc1N1CCCC1C1CCCN1. The summed E-state index contributed by atoms with van der Waals surface area (Å²) in [5.41, 5.74) is 1.30. The van der Waals surface area contributed by atoms with Crippen LogP contribution in [0.2, 0.25) is 0 Å². The lowest BCUT2D eigenvalue weighted by Gasteiger charge is -2.31. The molecule has 3 heterocycles. The van der Waals surface area contributed by atoms with E-state index in [1.807, 2.05) is 12.3 Å². The van der Waals surface area contributed by atoms with Gasteiger partial charge in [0.05, 0.1) is 0 Å². The van der Waals surface area contributed by atoms with Crippen molar-refractivity contribution in [3.8, 4) is 0 Å². The zero-order chi connectivity index (χ0) is 11.7. The maximum Gasteiger partial charge on any atom is 0.131 e. The van der Waals surface area contributed by atoms with Crippen molar-refractivity contribution in [3.05, 3.63) is 23.9 Å². The van der Waals surface area contributed by atoms with E-state index in [4.69, 9.17) is 0 Å². The van der Waals surface area contributed by atoms with Crippen LogP contribution in [-0.2, 0) is 0 Å². The Hall–Kier alpha value is -1.09. The second-order valence-corrected chi connectivity index (χ2v) is 5.25. The minimum atomic E-state index is 0.658. The number of nitrogens with one attached hydrogen (secondary N) is 1. The molecule has 0 spiro atoms. The summed E-state index contributed by atoms with van der Waals surface area (Å²) in [5, 5.41) is 3.65. The van der Waals surface area contributed by atoms with E-state index in [0.717, 1.165) is 0 Å². The molecule has 3 nitrogen and oxygen atoms in total. The van der Waals surface area contributed by atoms with Gasteiger partial charge >= 0.3 is 0 Å². The summed E-state index contributed by atoms with van der Waals surface area (Å²) in [6.07, 6.45) is 7.19. The molecule has 1 aromatic rings. The molecular formula is C14H21N3. The molecule has 0 amide bonds. The molecule has 3 rings (SSSR count). The summed E-state index contributed by atoms with van der Waals surface area (Å²) in [5.74, 6) is 1.20. The number of rotatable bonds is 2. The second kappa shape index (κ2) is 4.65. The fourth-order valence-electron chi connectivity index (χ4n) is 3.29. The first-order valence-electron chi connectivity index (χ1n) is 6.78. The van der Waals surface area contributed by atoms with Gasteiger partial charge in [-0.25, -0.2) is 4.98 Å². The highest BCUT2D eigenvalue weighted by Crippen LogP contribution is 2.30. The fourth-order valence-corrected chi connectivity index (χ4v) is 3.29. The number of aromatic nitrogens is 1. The van der Waals surface area contributed by atoms with E-state index in [-0.39, 0.29) is 0 Å². The van der Waals surface area contributed by atoms with E-state index in [1.165, 1.54) is 50.2 Å². The van der Waals surface area contributed by atoms with Crippen LogP contribution in [0, 0.1) is 6.92 Å². The van der Waals surface area contributed by atoms with Gasteiger partial charge in [-0.15, -0.1) is 0 Å². The van der Waals surface area contributed by atoms with Crippen LogP contribution < -0.4 is 10.2 Å². The Morgan fingerprint density at radius 2 is 2.29 bits per heavy atom. The van der Waals surface area contributed by atoms with Gasteiger partial charge in [0.25, 0.3) is 0 Å². The molecule has 2 fully saturated rings. The summed E-state index contributed by atoms with van der Waals surface area (Å²) < 4.78 is 0. The van der Waals surface area contributed by atoms with Crippen molar-refractivity contribution < 1.29 is 0 Å². The number of hydrogen-bond donors (Lipinski definition) is 1. The molecular weight excluding hydrogens is 210 g/mol. The third kappa shape index (κ3) is 2.04. The van der Waals surface area contributed by atoms with Crippen LogP contribution in [0.3, 0.4) is 0 Å². The minimum Gasteiger partial charge on any atom is -0.352 e. The molecule has 0 radical (unpaired) electrons. The Kier molecular flexibility index (Phi) is 3.02. The quantitative estimate of drug-likeness (QED) is 0.845. The number of nitrogens with zero attached hydrogens (tertiary/aromatic N) is 2. The predicted octanol–water partition coefficient (Wildman–Crippen LogP) is 2.11. The smallest absolute Gasteiger partial charge is 0.131 e. The highest BCUT2D eigenvalue weighted by Gasteiger charge is 2.34. The van der Waals surface area contributed by atoms with E-state index >= 15 is 0 Å². The standard InChI is InChI=1S/C14H21N3/c1-11-5-2-9-16-14(11)17-10-4-7-13(17)12-6-3-8-15-12/h2,5,9,12-13,15H,3-4,6-8,10H2,1H3. The number of anilines is 1. The maximum absolute atomic E-state index is 4.58. The predicted molar refractivity (Wildman–Crippen MR) is 70.4 cm³/mol. The normalized spacial score (nSPS) is 28.9. The van der Waals surface area contributed by atoms with Gasteiger partial charge in [-0.3, -0.25) is 0 Å². The van der Waals surface area contributed by atoms with Crippen molar-refractivity contribution in [1.82, 2.24) is 10.3 Å². The lowest BCUT2D eigenvalue weighted by molar-refractivity contribution is 0.480. The molecule has 0 aromatic carbocycles. The molecule has 92 valence electrons. The van der Waals surface area contributed by atoms with Crippen LogP contribution in [0.5, 0.6) is 0 Å². The first kappa shape index (κ1) is 11.0. The van der Waals surface area contributed by atoms with Crippen LogP contribution in [0.1, 0.15) is 31.2 Å². The molecule has 1 N–H and O–H groups in total. The minimum absolute atomic E-state index is 0.658. The molecule has 3 heteroatoms. The molecule has 2 aliphatic rings. The number of aryl methyl sites for hydroxylation is 1. The van der Waals surface area contributed by atoms with E-state index < -0.39 is 0 Å². The zero-order valence-electron chi connectivity index (χ0n) is 10.5. The van der Waals surface area contributed by atoms with Crippen molar-refractivity contribution in [2.24, 2.45) is 0 Å². The summed E-state index contributed by atoms with van der Waals surface area (Å²) >= 11 is 0. The van der Waals surface area contributed by atoms with Crippen molar-refractivity contribution in [2.45, 2.75) is 44.7 Å². The summed E-state index contributed by atoms with van der Waals surface area (Å²) in [4.78, 5) is 7.11. The average Bonchev–Trinajstić information content (AvgIpc) is 3.00. The molecule has 2 saturated heterocycles. The van der Waals surface area contributed by atoms with Crippen LogP contribution in [0.25, 0.3) is 0 Å². The average molecular weight is 231 g/mol. The summed E-state index contributed by atoms with van der Waals surface area (Å²) in [7, 11) is 0. The van der Waals surface area contributed by atoms with Crippen LogP contribution in [0.4, 0.5) is 5.82 Å². The highest BCUT2D eigenvalue weighted by molar-refractivity contribution is 5.48. The van der Waals surface area contributed by atoms with Crippen LogP contribution in [-0.4, -0.2) is 30.2 Å². The largest absolute Gasteiger partial charge is 0.352 e. The van der Waals surface area contributed by atoms with Gasteiger partial charge in [0, 0.05) is 24.8 Å². The molecule has 2 unspecified atom stereocenters. The Morgan fingerprint density at radius 1 is 1.35 bits per heavy atom. The molecule has 0 saturated carbocycles. The van der Waals surface area contributed by atoms with Crippen LogP contribution in [0.15, 0.2) is 18.3 Å². The van der Waals surface area contributed by atoms with Crippen molar-refractivity contribution >= 4 is 5.82 Å². The van der Waals surface area contributed by atoms with E-state index in [2.05, 4.69) is 28.2 Å². The Bertz CT molecular complexity index is 385. The van der Waals surface area contributed by atoms with Gasteiger partial charge in [-0.2, -0.15) is 0 Å². The lowest BCUT2D eigenvalue weighted by atomic mass is 10.0. The van der Waals surface area contributed by atoms with Gasteiger partial charge < -0.3 is 10.2 Å². The molecule has 0 aliphatic carbocycles. The van der Waals surface area contributed by atoms with Gasteiger partial charge in [0.15, 0.2) is 0 Å². The van der Waals surface area contributed by atoms with Gasteiger partial charge in [-0.05, 0) is 50.8 Å². The van der Waals surface area contributed by atoms with Crippen LogP contribution >= 0.6 is 0 Å². The topological polar surface area (TPSA) is 28.2 Å². The van der Waals surface area contributed by atoms with E-state index in [9.17, 15) is 0 Å². The molecule has 2 aliphatic heterocycles. The van der Waals surface area contributed by atoms with Gasteiger partial charge in [-0.1, -0.05) is 6.07 Å². The second-order valence-electron chi connectivity index (χ2n) is 5.25. The van der Waals surface area contributed by atoms with Crippen molar-refractivity contribution in [3.63, 3.8) is 0 Å². The Balaban J connectivity index is 1.84. The van der Waals surface area contributed by atoms with E-state index in [0.29, 0.717) is 12.1 Å². The first-order valence-corrected chi connectivity index (χ1v) is 6.78. The Labute approximate surface area is 103 Å². The first-order chi connectivity index (χ1) is 8.36. The summed E-state index contributed by atoms with van der Waals surface area (Å²) in [6, 6.07) is 5.53. The molecule has 2 atom stereocenters. The summed E-state index contributed by atoms with van der Waals surface area (Å²) in [6.45, 7) is 4.52. The monoisotopic (exact) mass is 231 g/mol. The maximum atomic E-state index is 4.58. The van der Waals surface area contributed by atoms with Crippen molar-refractivity contribution in [2.75, 3.05) is 18.0 Å². The molecule has 0 bridgehead atoms. The zero-order valence-corrected chi connectivity index (χ0v) is 10.5. The molecule has 17 heavy (non-hydrogen) atoms. The highest BCUT2D eigenvalue weighted by atomic mass is 15.3. The van der Waals surface area contributed by atoms with Gasteiger partial charge in [0.1, 0.15) is 5.82 Å². The van der Waals surface area contributed by atoms with E-state index in [1.54, 1.807) is 0 Å². The number of pyridine rings is 1. The van der Waals surface area contributed by atoms with Gasteiger partial charge in [0.2, 0.25) is 0 Å². The third-order valence-electron chi connectivity index (χ3n) is 4.12.